The molecule has 1 nitrogen and oxygen atoms in total. The zero-order valence-corrected chi connectivity index (χ0v) is 8.93. The molecule has 0 unspecified atom stereocenters. The van der Waals surface area contributed by atoms with Crippen LogP contribution >= 0.6 is 24.6 Å². The van der Waals surface area contributed by atoms with E-state index in [4.69, 9.17) is 18.0 Å². The van der Waals surface area contributed by atoms with Crippen LogP contribution in [0.4, 0.5) is 0 Å². The van der Waals surface area contributed by atoms with Crippen LogP contribution in [0, 0.1) is 5.92 Å². The minimum Gasteiger partial charge on any atom is -0.393 e. The van der Waals surface area contributed by atoms with Gasteiger partial charge >= 0.3 is 0 Å². The topological polar surface area (TPSA) is 26.0 Å². The molecule has 0 saturated carbocycles. The average Bonchev–Trinajstić information content (AvgIpc) is 1.87. The van der Waals surface area contributed by atoms with Gasteiger partial charge < -0.3 is 5.73 Å². The fraction of sp³-hybridized carbons (Fsp3) is 0.875. The Labute approximate surface area is 81.1 Å². The molecule has 0 atom stereocenters. The highest BCUT2D eigenvalue weighted by Gasteiger charge is 2.08. The number of halogens is 1. The molecule has 0 fully saturated rings. The lowest BCUT2D eigenvalue weighted by molar-refractivity contribution is 0.561. The van der Waals surface area contributed by atoms with Crippen LogP contribution in [0.2, 0.25) is 0 Å². The highest BCUT2D eigenvalue weighted by molar-refractivity contribution is 7.80. The lowest BCUT2D eigenvalue weighted by Crippen LogP contribution is -2.20. The van der Waals surface area contributed by atoms with Crippen LogP contribution in [0.25, 0.3) is 0 Å². The standard InChI is InChI=1S/C8H17NS.ClH/c1-3-5-7(6-4-2)8(9)10;/h7H,3-6H2,1-2H3,(H2,9,10);1H. The minimum atomic E-state index is 0. The van der Waals surface area contributed by atoms with Crippen LogP contribution in [0.1, 0.15) is 39.5 Å². The molecule has 0 aliphatic carbocycles. The normalized spacial score (nSPS) is 9.36. The van der Waals surface area contributed by atoms with Gasteiger partial charge in [-0.05, 0) is 12.8 Å². The molecular weight excluding hydrogens is 178 g/mol. The van der Waals surface area contributed by atoms with Gasteiger partial charge in [0.1, 0.15) is 0 Å². The summed E-state index contributed by atoms with van der Waals surface area (Å²) in [5.41, 5.74) is 5.54. The van der Waals surface area contributed by atoms with Gasteiger partial charge in [-0.15, -0.1) is 12.4 Å². The van der Waals surface area contributed by atoms with Crippen molar-refractivity contribution in [1.29, 1.82) is 0 Å². The summed E-state index contributed by atoms with van der Waals surface area (Å²) in [6.07, 6.45) is 4.68. The molecule has 3 heteroatoms. The number of thiocarbonyl (C=S) groups is 1. The van der Waals surface area contributed by atoms with E-state index in [1.807, 2.05) is 0 Å². The van der Waals surface area contributed by atoms with E-state index >= 15 is 0 Å². The fourth-order valence-corrected chi connectivity index (χ4v) is 1.36. The van der Waals surface area contributed by atoms with E-state index in [0.717, 1.165) is 12.8 Å². The molecule has 0 aliphatic rings. The van der Waals surface area contributed by atoms with E-state index in [1.165, 1.54) is 12.8 Å². The van der Waals surface area contributed by atoms with Gasteiger partial charge in [-0.3, -0.25) is 0 Å². The zero-order chi connectivity index (χ0) is 7.98. The maximum atomic E-state index is 5.54. The molecule has 11 heavy (non-hydrogen) atoms. The van der Waals surface area contributed by atoms with Gasteiger partial charge in [-0.2, -0.15) is 0 Å². The van der Waals surface area contributed by atoms with Gasteiger partial charge in [0, 0.05) is 5.92 Å². The molecule has 0 aromatic carbocycles. The Morgan fingerprint density at radius 3 is 1.82 bits per heavy atom. The Bertz CT molecular complexity index is 100. The molecule has 0 amide bonds. The van der Waals surface area contributed by atoms with Gasteiger partial charge in [-0.25, -0.2) is 0 Å². The Morgan fingerprint density at radius 2 is 1.64 bits per heavy atom. The molecule has 0 radical (unpaired) electrons. The third kappa shape index (κ3) is 6.57. The van der Waals surface area contributed by atoms with Crippen molar-refractivity contribution in [2.75, 3.05) is 0 Å². The van der Waals surface area contributed by atoms with Crippen LogP contribution < -0.4 is 5.73 Å². The van der Waals surface area contributed by atoms with Crippen LogP contribution in [0.5, 0.6) is 0 Å². The predicted molar refractivity (Wildman–Crippen MR) is 57.3 cm³/mol. The van der Waals surface area contributed by atoms with E-state index in [1.54, 1.807) is 0 Å². The highest BCUT2D eigenvalue weighted by atomic mass is 35.5. The van der Waals surface area contributed by atoms with E-state index in [9.17, 15) is 0 Å². The number of rotatable bonds is 5. The summed E-state index contributed by atoms with van der Waals surface area (Å²) < 4.78 is 0. The molecule has 0 heterocycles. The summed E-state index contributed by atoms with van der Waals surface area (Å²) in [6, 6.07) is 0. The number of hydrogen-bond acceptors (Lipinski definition) is 1. The lowest BCUT2D eigenvalue weighted by atomic mass is 9.99. The molecule has 0 aromatic heterocycles. The van der Waals surface area contributed by atoms with Crippen LogP contribution in [-0.2, 0) is 0 Å². The molecule has 0 aromatic rings. The summed E-state index contributed by atoms with van der Waals surface area (Å²) in [5, 5.41) is 0. The van der Waals surface area contributed by atoms with E-state index < -0.39 is 0 Å². The Hall–Kier alpha value is 0.180. The molecule has 2 N–H and O–H groups in total. The van der Waals surface area contributed by atoms with Crippen molar-refractivity contribution in [2.45, 2.75) is 39.5 Å². The van der Waals surface area contributed by atoms with Crippen molar-refractivity contribution in [1.82, 2.24) is 0 Å². The molecular formula is C8H18ClNS. The van der Waals surface area contributed by atoms with Crippen molar-refractivity contribution >= 4 is 29.6 Å². The molecule has 68 valence electrons. The first-order chi connectivity index (χ1) is 4.72. The van der Waals surface area contributed by atoms with Crippen LogP contribution in [-0.4, -0.2) is 4.99 Å². The summed E-state index contributed by atoms with van der Waals surface area (Å²) in [4.78, 5) is 0.698. The Kier molecular flexibility index (Phi) is 10.3. The van der Waals surface area contributed by atoms with Gasteiger partial charge in [0.15, 0.2) is 0 Å². The molecule has 0 saturated heterocycles. The summed E-state index contributed by atoms with van der Waals surface area (Å²) in [5.74, 6) is 0.491. The van der Waals surface area contributed by atoms with Gasteiger partial charge in [0.05, 0.1) is 4.99 Å². The third-order valence-electron chi connectivity index (χ3n) is 1.68. The summed E-state index contributed by atoms with van der Waals surface area (Å²) in [6.45, 7) is 4.34. The van der Waals surface area contributed by atoms with E-state index in [2.05, 4.69) is 13.8 Å². The molecule has 0 bridgehead atoms. The minimum absolute atomic E-state index is 0. The van der Waals surface area contributed by atoms with Crippen LogP contribution in [0.3, 0.4) is 0 Å². The fourth-order valence-electron chi connectivity index (χ4n) is 1.13. The average molecular weight is 196 g/mol. The second kappa shape index (κ2) is 8.28. The highest BCUT2D eigenvalue weighted by Crippen LogP contribution is 2.12. The largest absolute Gasteiger partial charge is 0.393 e. The molecule has 0 rings (SSSR count). The third-order valence-corrected chi connectivity index (χ3v) is 2.01. The predicted octanol–water partition coefficient (Wildman–Crippen LogP) is 2.91. The smallest absolute Gasteiger partial charge is 0.0758 e. The summed E-state index contributed by atoms with van der Waals surface area (Å²) in [7, 11) is 0. The maximum absolute atomic E-state index is 5.54. The SMILES string of the molecule is CCCC(CCC)C(N)=S.Cl. The Morgan fingerprint density at radius 1 is 1.27 bits per heavy atom. The molecule has 0 spiro atoms. The second-order valence-corrected chi connectivity index (χ2v) is 3.15. The molecule has 0 aliphatic heterocycles. The lowest BCUT2D eigenvalue weighted by Gasteiger charge is -2.11. The van der Waals surface area contributed by atoms with Crippen molar-refractivity contribution in [3.8, 4) is 0 Å². The van der Waals surface area contributed by atoms with Crippen molar-refractivity contribution in [3.63, 3.8) is 0 Å². The van der Waals surface area contributed by atoms with Gasteiger partial charge in [-0.1, -0.05) is 38.9 Å². The first-order valence-electron chi connectivity index (χ1n) is 4.01. The van der Waals surface area contributed by atoms with E-state index in [-0.39, 0.29) is 12.4 Å². The van der Waals surface area contributed by atoms with Crippen molar-refractivity contribution in [2.24, 2.45) is 11.7 Å². The first kappa shape index (κ1) is 13.7. The van der Waals surface area contributed by atoms with Gasteiger partial charge in [0.2, 0.25) is 0 Å². The van der Waals surface area contributed by atoms with E-state index in [0.29, 0.717) is 10.9 Å². The monoisotopic (exact) mass is 195 g/mol. The van der Waals surface area contributed by atoms with Crippen molar-refractivity contribution < 1.29 is 0 Å². The Balaban J connectivity index is 0. The van der Waals surface area contributed by atoms with Gasteiger partial charge in [0.25, 0.3) is 0 Å². The first-order valence-corrected chi connectivity index (χ1v) is 4.42. The second-order valence-electron chi connectivity index (χ2n) is 2.68. The number of hydrogen-bond donors (Lipinski definition) is 1. The number of nitrogens with two attached hydrogens (primary N) is 1. The van der Waals surface area contributed by atoms with Crippen LogP contribution in [0.15, 0.2) is 0 Å². The zero-order valence-electron chi connectivity index (χ0n) is 7.30. The summed E-state index contributed by atoms with van der Waals surface area (Å²) >= 11 is 4.93. The quantitative estimate of drug-likeness (QED) is 0.683. The van der Waals surface area contributed by atoms with Crippen molar-refractivity contribution in [3.05, 3.63) is 0 Å². The maximum Gasteiger partial charge on any atom is 0.0758 e.